The van der Waals surface area contributed by atoms with Crippen molar-refractivity contribution in [1.82, 2.24) is 9.88 Å². The molecule has 0 aliphatic carbocycles. The first-order chi connectivity index (χ1) is 9.77. The minimum atomic E-state index is -4.57. The number of hydrogen-bond donors (Lipinski definition) is 2. The maximum absolute atomic E-state index is 12.6. The molecule has 0 spiro atoms. The third kappa shape index (κ3) is 5.22. The molecule has 1 aromatic heterocycles. The van der Waals surface area contributed by atoms with E-state index in [1.807, 2.05) is 0 Å². The zero-order valence-electron chi connectivity index (χ0n) is 11.5. The van der Waals surface area contributed by atoms with E-state index >= 15 is 0 Å². The maximum atomic E-state index is 12.6. The molecule has 0 aliphatic rings. The average Bonchev–Trinajstić information content (AvgIpc) is 2.39. The van der Waals surface area contributed by atoms with Crippen LogP contribution in [0.4, 0.5) is 13.2 Å². The maximum Gasteiger partial charge on any atom is 0.417 e. The van der Waals surface area contributed by atoms with E-state index in [1.165, 1.54) is 0 Å². The Hall–Kier alpha value is -1.83. The Balaban J connectivity index is 2.82. The van der Waals surface area contributed by atoms with Crippen molar-refractivity contribution in [1.29, 1.82) is 0 Å². The van der Waals surface area contributed by atoms with Gasteiger partial charge in [0.1, 0.15) is 6.54 Å². The van der Waals surface area contributed by atoms with Gasteiger partial charge in [-0.05, 0) is 18.9 Å². The minimum absolute atomic E-state index is 0.109. The lowest BCUT2D eigenvalue weighted by molar-refractivity contribution is -0.138. The van der Waals surface area contributed by atoms with Crippen molar-refractivity contribution in [3.05, 3.63) is 34.2 Å². The van der Waals surface area contributed by atoms with Gasteiger partial charge >= 0.3 is 6.18 Å². The van der Waals surface area contributed by atoms with Gasteiger partial charge in [0, 0.05) is 24.9 Å². The van der Waals surface area contributed by atoms with Crippen LogP contribution in [-0.4, -0.2) is 28.2 Å². The predicted molar refractivity (Wildman–Crippen MR) is 69.6 cm³/mol. The molecule has 2 N–H and O–H groups in total. The highest BCUT2D eigenvalue weighted by molar-refractivity contribution is 5.76. The van der Waals surface area contributed by atoms with Crippen LogP contribution in [0.5, 0.6) is 0 Å². The highest BCUT2D eigenvalue weighted by Gasteiger charge is 2.31. The van der Waals surface area contributed by atoms with Gasteiger partial charge in [0.15, 0.2) is 0 Å². The van der Waals surface area contributed by atoms with Crippen LogP contribution in [0.3, 0.4) is 0 Å². The van der Waals surface area contributed by atoms with Crippen molar-refractivity contribution < 1.29 is 23.1 Å². The first-order valence-corrected chi connectivity index (χ1v) is 6.45. The largest absolute Gasteiger partial charge is 0.417 e. The van der Waals surface area contributed by atoms with Gasteiger partial charge in [-0.3, -0.25) is 9.59 Å². The Morgan fingerprint density at radius 1 is 1.43 bits per heavy atom. The van der Waals surface area contributed by atoms with Gasteiger partial charge in [-0.2, -0.15) is 13.2 Å². The number of alkyl halides is 3. The van der Waals surface area contributed by atoms with Crippen LogP contribution in [0.2, 0.25) is 0 Å². The standard InChI is InChI=1S/C13H17F3N2O3/c1-2-10(5-6-19)17-11(20)8-18-7-9(13(14,15)16)3-4-12(18)21/h3-4,7,10,19H,2,5-6,8H2,1H3,(H,17,20). The van der Waals surface area contributed by atoms with Gasteiger partial charge in [0.05, 0.1) is 5.56 Å². The van der Waals surface area contributed by atoms with Crippen LogP contribution in [0, 0.1) is 0 Å². The summed E-state index contributed by atoms with van der Waals surface area (Å²) in [6.45, 7) is 1.20. The van der Waals surface area contributed by atoms with E-state index in [9.17, 15) is 22.8 Å². The number of nitrogens with one attached hydrogen (secondary N) is 1. The van der Waals surface area contributed by atoms with Gasteiger partial charge in [-0.25, -0.2) is 0 Å². The van der Waals surface area contributed by atoms with Crippen LogP contribution in [0.1, 0.15) is 25.3 Å². The molecule has 1 aromatic rings. The van der Waals surface area contributed by atoms with Crippen LogP contribution in [-0.2, 0) is 17.5 Å². The molecule has 0 aromatic carbocycles. The Morgan fingerprint density at radius 2 is 2.10 bits per heavy atom. The quantitative estimate of drug-likeness (QED) is 0.828. The van der Waals surface area contributed by atoms with Crippen LogP contribution < -0.4 is 10.9 Å². The number of aliphatic hydroxyl groups excluding tert-OH is 1. The summed E-state index contributed by atoms with van der Waals surface area (Å²) in [6, 6.07) is 1.18. The number of carbonyl (C=O) groups excluding carboxylic acids is 1. The van der Waals surface area contributed by atoms with Crippen molar-refractivity contribution in [2.45, 2.75) is 38.5 Å². The molecule has 1 atom stereocenters. The molecule has 8 heteroatoms. The van der Waals surface area contributed by atoms with Crippen LogP contribution in [0.25, 0.3) is 0 Å². The third-order valence-electron chi connectivity index (χ3n) is 2.96. The first-order valence-electron chi connectivity index (χ1n) is 6.45. The molecule has 0 aliphatic heterocycles. The summed E-state index contributed by atoms with van der Waals surface area (Å²) in [5, 5.41) is 11.4. The second-order valence-electron chi connectivity index (χ2n) is 4.57. The number of hydrogen-bond acceptors (Lipinski definition) is 3. The third-order valence-corrected chi connectivity index (χ3v) is 2.96. The molecular weight excluding hydrogens is 289 g/mol. The zero-order chi connectivity index (χ0) is 16.0. The Labute approximate surface area is 119 Å². The fourth-order valence-electron chi connectivity index (χ4n) is 1.78. The van der Waals surface area contributed by atoms with E-state index < -0.39 is 29.8 Å². The molecule has 1 unspecified atom stereocenters. The lowest BCUT2D eigenvalue weighted by Gasteiger charge is -2.16. The Morgan fingerprint density at radius 3 is 2.62 bits per heavy atom. The molecule has 1 amide bonds. The number of pyridine rings is 1. The van der Waals surface area contributed by atoms with E-state index in [4.69, 9.17) is 5.11 Å². The number of halogens is 3. The predicted octanol–water partition coefficient (Wildman–Crippen LogP) is 1.14. The van der Waals surface area contributed by atoms with E-state index in [0.29, 0.717) is 29.7 Å². The number of aliphatic hydroxyl groups is 1. The number of rotatable bonds is 6. The van der Waals surface area contributed by atoms with E-state index in [0.717, 1.165) is 6.07 Å². The molecule has 0 saturated carbocycles. The highest BCUT2D eigenvalue weighted by Crippen LogP contribution is 2.27. The molecule has 0 radical (unpaired) electrons. The summed E-state index contributed by atoms with van der Waals surface area (Å²) in [5.41, 5.74) is -1.68. The summed E-state index contributed by atoms with van der Waals surface area (Å²) < 4.78 is 38.4. The Kier molecular flexibility index (Phi) is 5.95. The van der Waals surface area contributed by atoms with Crippen molar-refractivity contribution in [3.63, 3.8) is 0 Å². The molecule has 1 rings (SSSR count). The molecule has 0 bridgehead atoms. The van der Waals surface area contributed by atoms with Gasteiger partial charge in [0.25, 0.3) is 5.56 Å². The van der Waals surface area contributed by atoms with Gasteiger partial charge in [-0.1, -0.05) is 6.92 Å². The average molecular weight is 306 g/mol. The summed E-state index contributed by atoms with van der Waals surface area (Å²) in [4.78, 5) is 23.2. The second-order valence-corrected chi connectivity index (χ2v) is 4.57. The molecule has 118 valence electrons. The number of amides is 1. The molecule has 0 saturated heterocycles. The summed E-state index contributed by atoms with van der Waals surface area (Å²) in [5.74, 6) is -0.572. The normalized spacial score (nSPS) is 13.0. The molecule has 5 nitrogen and oxygen atoms in total. The van der Waals surface area contributed by atoms with E-state index in [-0.39, 0.29) is 12.6 Å². The molecular formula is C13H17F3N2O3. The lowest BCUT2D eigenvalue weighted by Crippen LogP contribution is -2.39. The summed E-state index contributed by atoms with van der Waals surface area (Å²) in [6.07, 6.45) is -3.03. The molecule has 21 heavy (non-hydrogen) atoms. The molecule has 1 heterocycles. The monoisotopic (exact) mass is 306 g/mol. The van der Waals surface area contributed by atoms with E-state index in [1.54, 1.807) is 6.92 Å². The lowest BCUT2D eigenvalue weighted by atomic mass is 10.1. The first kappa shape index (κ1) is 17.2. The second kappa shape index (κ2) is 7.26. The van der Waals surface area contributed by atoms with Gasteiger partial charge in [-0.15, -0.1) is 0 Å². The van der Waals surface area contributed by atoms with Crippen molar-refractivity contribution >= 4 is 5.91 Å². The number of nitrogens with zero attached hydrogens (tertiary/aromatic N) is 1. The smallest absolute Gasteiger partial charge is 0.396 e. The Bertz CT molecular complexity index is 540. The number of carbonyl (C=O) groups is 1. The highest BCUT2D eigenvalue weighted by atomic mass is 19.4. The van der Waals surface area contributed by atoms with Gasteiger partial charge < -0.3 is 15.0 Å². The van der Waals surface area contributed by atoms with Gasteiger partial charge in [0.2, 0.25) is 5.91 Å². The fourth-order valence-corrected chi connectivity index (χ4v) is 1.78. The van der Waals surface area contributed by atoms with Crippen LogP contribution in [0.15, 0.2) is 23.1 Å². The summed E-state index contributed by atoms with van der Waals surface area (Å²) >= 11 is 0. The summed E-state index contributed by atoms with van der Waals surface area (Å²) in [7, 11) is 0. The fraction of sp³-hybridized carbons (Fsp3) is 0.538. The number of aromatic nitrogens is 1. The SMILES string of the molecule is CCC(CCO)NC(=O)Cn1cc(C(F)(F)F)ccc1=O. The van der Waals surface area contributed by atoms with Crippen molar-refractivity contribution in [3.8, 4) is 0 Å². The minimum Gasteiger partial charge on any atom is -0.396 e. The molecule has 0 fully saturated rings. The van der Waals surface area contributed by atoms with E-state index in [2.05, 4.69) is 5.32 Å². The van der Waals surface area contributed by atoms with Crippen LogP contribution >= 0.6 is 0 Å². The topological polar surface area (TPSA) is 71.3 Å². The zero-order valence-corrected chi connectivity index (χ0v) is 11.5. The van der Waals surface area contributed by atoms with Crippen molar-refractivity contribution in [2.75, 3.05) is 6.61 Å². The van der Waals surface area contributed by atoms with Crippen molar-refractivity contribution in [2.24, 2.45) is 0 Å².